The van der Waals surface area contributed by atoms with Gasteiger partial charge in [0.2, 0.25) is 0 Å². The van der Waals surface area contributed by atoms with Crippen molar-refractivity contribution in [3.63, 3.8) is 0 Å². The fourth-order valence-electron chi connectivity index (χ4n) is 4.41. The molecule has 3 heterocycles. The fraction of sp³-hybridized carbons (Fsp3) is 0.500. The van der Waals surface area contributed by atoms with Gasteiger partial charge in [0.1, 0.15) is 0 Å². The van der Waals surface area contributed by atoms with Crippen molar-refractivity contribution in [3.05, 3.63) is 59.5 Å². The van der Waals surface area contributed by atoms with Crippen LogP contribution in [0.15, 0.2) is 52.1 Å². The number of ether oxygens (including phenoxy) is 1. The van der Waals surface area contributed by atoms with E-state index in [1.165, 1.54) is 17.4 Å². The van der Waals surface area contributed by atoms with Crippen molar-refractivity contribution in [2.45, 2.75) is 25.9 Å². The van der Waals surface area contributed by atoms with Crippen molar-refractivity contribution in [1.29, 1.82) is 0 Å². The van der Waals surface area contributed by atoms with Crippen molar-refractivity contribution in [1.82, 2.24) is 15.1 Å². The zero-order valence-electron chi connectivity index (χ0n) is 18.4. The Kier molecular flexibility index (Phi) is 6.92. The van der Waals surface area contributed by atoms with Gasteiger partial charge < -0.3 is 24.3 Å². The van der Waals surface area contributed by atoms with Crippen LogP contribution < -0.4 is 5.32 Å². The molecule has 1 amide bonds. The summed E-state index contributed by atoms with van der Waals surface area (Å²) in [6, 6.07) is 12.1. The van der Waals surface area contributed by atoms with E-state index in [0.29, 0.717) is 24.8 Å². The number of hydrogen-bond acceptors (Lipinski definition) is 4. The van der Waals surface area contributed by atoms with Gasteiger partial charge in [-0.3, -0.25) is 9.79 Å². The highest BCUT2D eigenvalue weighted by Gasteiger charge is 2.29. The molecule has 0 saturated carbocycles. The lowest BCUT2D eigenvalue weighted by Crippen LogP contribution is -2.54. The molecule has 7 nitrogen and oxygen atoms in total. The van der Waals surface area contributed by atoms with Gasteiger partial charge >= 0.3 is 0 Å². The molecule has 2 fully saturated rings. The van der Waals surface area contributed by atoms with E-state index in [-0.39, 0.29) is 12.0 Å². The summed E-state index contributed by atoms with van der Waals surface area (Å²) in [7, 11) is 1.82. The van der Waals surface area contributed by atoms with Gasteiger partial charge in [-0.1, -0.05) is 29.8 Å². The number of rotatable bonds is 4. The predicted molar refractivity (Wildman–Crippen MR) is 120 cm³/mol. The zero-order valence-corrected chi connectivity index (χ0v) is 18.4. The number of carbonyl (C=O) groups excluding carboxylic acids is 1. The first-order valence-electron chi connectivity index (χ1n) is 11.1. The standard InChI is InChI=1S/C24H32N4O3/c1-18-7-9-19(10-8-18)22-20(5-3-16-31-22)17-26-24(25-2)28-13-11-27(12-14-28)23(29)21-6-4-15-30-21/h4,6-10,15,20,22H,3,5,11-14,16-17H2,1-2H3,(H,25,26). The van der Waals surface area contributed by atoms with Crippen LogP contribution in [0.5, 0.6) is 0 Å². The number of nitrogens with one attached hydrogen (secondary N) is 1. The number of aryl methyl sites for hydroxylation is 1. The van der Waals surface area contributed by atoms with Crippen LogP contribution in [-0.4, -0.2) is 68.0 Å². The Morgan fingerprint density at radius 1 is 1.13 bits per heavy atom. The van der Waals surface area contributed by atoms with E-state index in [4.69, 9.17) is 9.15 Å². The van der Waals surface area contributed by atoms with E-state index in [0.717, 1.165) is 45.0 Å². The first kappa shape index (κ1) is 21.4. The number of nitrogens with zero attached hydrogens (tertiary/aromatic N) is 3. The van der Waals surface area contributed by atoms with Gasteiger partial charge in [-0.25, -0.2) is 0 Å². The number of benzene rings is 1. The number of amides is 1. The summed E-state index contributed by atoms with van der Waals surface area (Å²) in [5, 5.41) is 3.57. The number of hydrogen-bond donors (Lipinski definition) is 1. The molecule has 2 aromatic rings. The van der Waals surface area contributed by atoms with Crippen molar-refractivity contribution in [3.8, 4) is 0 Å². The maximum atomic E-state index is 12.5. The predicted octanol–water partition coefficient (Wildman–Crippen LogP) is 3.09. The van der Waals surface area contributed by atoms with Gasteiger partial charge in [0.25, 0.3) is 5.91 Å². The van der Waals surface area contributed by atoms with Crippen LogP contribution in [0, 0.1) is 12.8 Å². The molecule has 2 unspecified atom stereocenters. The molecule has 2 saturated heterocycles. The third-order valence-electron chi connectivity index (χ3n) is 6.18. The van der Waals surface area contributed by atoms with Gasteiger partial charge in [-0.2, -0.15) is 0 Å². The normalized spacial score (nSPS) is 22.5. The van der Waals surface area contributed by atoms with E-state index in [1.54, 1.807) is 12.1 Å². The molecule has 2 aliphatic rings. The van der Waals surface area contributed by atoms with Crippen LogP contribution in [0.2, 0.25) is 0 Å². The molecule has 0 bridgehead atoms. The van der Waals surface area contributed by atoms with E-state index >= 15 is 0 Å². The number of furan rings is 1. The number of aliphatic imine (C=N–C) groups is 1. The van der Waals surface area contributed by atoms with Gasteiger partial charge in [0, 0.05) is 52.3 Å². The second kappa shape index (κ2) is 10.0. The molecular weight excluding hydrogens is 392 g/mol. The Balaban J connectivity index is 1.32. The van der Waals surface area contributed by atoms with E-state index in [2.05, 4.69) is 46.4 Å². The van der Waals surface area contributed by atoms with Crippen molar-refractivity contribution in [2.24, 2.45) is 10.9 Å². The zero-order chi connectivity index (χ0) is 21.6. The fourth-order valence-corrected chi connectivity index (χ4v) is 4.41. The highest BCUT2D eigenvalue weighted by atomic mass is 16.5. The summed E-state index contributed by atoms with van der Waals surface area (Å²) < 4.78 is 11.4. The highest BCUT2D eigenvalue weighted by molar-refractivity contribution is 5.91. The summed E-state index contributed by atoms with van der Waals surface area (Å²) in [5.41, 5.74) is 2.51. The maximum absolute atomic E-state index is 12.5. The van der Waals surface area contributed by atoms with Gasteiger partial charge in [-0.15, -0.1) is 0 Å². The largest absolute Gasteiger partial charge is 0.459 e. The smallest absolute Gasteiger partial charge is 0.289 e. The summed E-state index contributed by atoms with van der Waals surface area (Å²) in [6.45, 7) is 6.53. The van der Waals surface area contributed by atoms with Gasteiger partial charge in [0.05, 0.1) is 12.4 Å². The Morgan fingerprint density at radius 2 is 1.87 bits per heavy atom. The van der Waals surface area contributed by atoms with Crippen molar-refractivity contribution >= 4 is 11.9 Å². The summed E-state index contributed by atoms with van der Waals surface area (Å²) >= 11 is 0. The minimum Gasteiger partial charge on any atom is -0.459 e. The first-order chi connectivity index (χ1) is 15.2. The molecule has 0 aliphatic carbocycles. The van der Waals surface area contributed by atoms with Crippen LogP contribution in [-0.2, 0) is 4.74 Å². The monoisotopic (exact) mass is 424 g/mol. The lowest BCUT2D eigenvalue weighted by atomic mass is 9.89. The maximum Gasteiger partial charge on any atom is 0.289 e. The quantitative estimate of drug-likeness (QED) is 0.603. The second-order valence-corrected chi connectivity index (χ2v) is 8.29. The second-order valence-electron chi connectivity index (χ2n) is 8.29. The molecule has 166 valence electrons. The molecule has 7 heteroatoms. The molecule has 4 rings (SSSR count). The molecule has 0 spiro atoms. The number of piperazine rings is 1. The summed E-state index contributed by atoms with van der Waals surface area (Å²) in [5.74, 6) is 1.64. The average Bonchev–Trinajstić information content (AvgIpc) is 3.35. The topological polar surface area (TPSA) is 70.3 Å². The molecule has 31 heavy (non-hydrogen) atoms. The van der Waals surface area contributed by atoms with Gasteiger partial charge in [0.15, 0.2) is 11.7 Å². The SMILES string of the molecule is CN=C(NCC1CCCOC1c1ccc(C)cc1)N1CCN(C(=O)c2ccco2)CC1. The molecule has 1 N–H and O–H groups in total. The van der Waals surface area contributed by atoms with Crippen LogP contribution in [0.25, 0.3) is 0 Å². The van der Waals surface area contributed by atoms with Crippen LogP contribution >= 0.6 is 0 Å². The minimum absolute atomic E-state index is 0.0482. The molecule has 2 atom stereocenters. The van der Waals surface area contributed by atoms with Gasteiger partial charge in [-0.05, 0) is 37.5 Å². The number of guanidine groups is 1. The summed E-state index contributed by atoms with van der Waals surface area (Å²) in [4.78, 5) is 21.0. The lowest BCUT2D eigenvalue weighted by molar-refractivity contribution is -0.0267. The lowest BCUT2D eigenvalue weighted by Gasteiger charge is -2.37. The van der Waals surface area contributed by atoms with E-state index in [9.17, 15) is 4.79 Å². The molecule has 2 aliphatic heterocycles. The average molecular weight is 425 g/mol. The minimum atomic E-state index is -0.0482. The van der Waals surface area contributed by atoms with Crippen LogP contribution in [0.4, 0.5) is 0 Å². The Morgan fingerprint density at radius 3 is 2.55 bits per heavy atom. The van der Waals surface area contributed by atoms with E-state index < -0.39 is 0 Å². The Bertz CT molecular complexity index is 871. The number of carbonyl (C=O) groups is 1. The first-order valence-corrected chi connectivity index (χ1v) is 11.1. The summed E-state index contributed by atoms with van der Waals surface area (Å²) in [6.07, 6.45) is 3.87. The van der Waals surface area contributed by atoms with Crippen molar-refractivity contribution in [2.75, 3.05) is 46.4 Å². The highest BCUT2D eigenvalue weighted by Crippen LogP contribution is 2.33. The van der Waals surface area contributed by atoms with Crippen molar-refractivity contribution < 1.29 is 13.9 Å². The third kappa shape index (κ3) is 5.10. The third-order valence-corrected chi connectivity index (χ3v) is 6.18. The molecular formula is C24H32N4O3. The van der Waals surface area contributed by atoms with Crippen LogP contribution in [0.1, 0.15) is 40.6 Å². The molecule has 1 aromatic heterocycles. The Hall–Kier alpha value is -2.80. The molecule has 1 aromatic carbocycles. The molecule has 0 radical (unpaired) electrons. The van der Waals surface area contributed by atoms with E-state index in [1.807, 2.05) is 11.9 Å². The van der Waals surface area contributed by atoms with Crippen LogP contribution in [0.3, 0.4) is 0 Å². The Labute approximate surface area is 184 Å².